The lowest BCUT2D eigenvalue weighted by Crippen LogP contribution is -1.99. The predicted octanol–water partition coefficient (Wildman–Crippen LogP) is 4.13. The van der Waals surface area contributed by atoms with Crippen LogP contribution in [0.3, 0.4) is 0 Å². The largest absolute Gasteiger partial charge is 0.495 e. The highest BCUT2D eigenvalue weighted by Crippen LogP contribution is 2.33. The number of benzene rings is 2. The van der Waals surface area contributed by atoms with Crippen LogP contribution < -0.4 is 4.74 Å². The third-order valence-corrected chi connectivity index (χ3v) is 3.93. The molecule has 0 spiro atoms. The van der Waals surface area contributed by atoms with Crippen molar-refractivity contribution >= 4 is 29.3 Å². The first-order valence-corrected chi connectivity index (χ1v) is 7.10. The number of carboxylic acids is 1. The van der Waals surface area contributed by atoms with Gasteiger partial charge in [-0.1, -0.05) is 35.5 Å². The zero-order valence-corrected chi connectivity index (χ0v) is 12.4. The quantitative estimate of drug-likeness (QED) is 0.902. The second kappa shape index (κ2) is 6.68. The predicted molar refractivity (Wildman–Crippen MR) is 79.9 cm³/mol. The Labute approximate surface area is 126 Å². The van der Waals surface area contributed by atoms with Crippen LogP contribution in [0.5, 0.6) is 5.75 Å². The number of carboxylic acid groups (broad SMARTS) is 1. The molecule has 0 bridgehead atoms. The fraction of sp³-hybridized carbons (Fsp3) is 0.133. The van der Waals surface area contributed by atoms with E-state index in [1.54, 1.807) is 18.9 Å². The van der Waals surface area contributed by atoms with Crippen LogP contribution in [0, 0.1) is 0 Å². The maximum atomic E-state index is 10.6. The van der Waals surface area contributed by atoms with Gasteiger partial charge in [0.2, 0.25) is 0 Å². The highest BCUT2D eigenvalue weighted by Gasteiger charge is 2.04. The van der Waals surface area contributed by atoms with Gasteiger partial charge >= 0.3 is 5.97 Å². The van der Waals surface area contributed by atoms with Crippen molar-refractivity contribution in [3.8, 4) is 5.75 Å². The second-order valence-electron chi connectivity index (χ2n) is 4.11. The molecule has 0 radical (unpaired) electrons. The Balaban J connectivity index is 2.10. The first-order chi connectivity index (χ1) is 9.58. The lowest BCUT2D eigenvalue weighted by Gasteiger charge is -2.06. The van der Waals surface area contributed by atoms with E-state index in [-0.39, 0.29) is 6.42 Å². The van der Waals surface area contributed by atoms with Crippen molar-refractivity contribution in [2.24, 2.45) is 0 Å². The summed E-state index contributed by atoms with van der Waals surface area (Å²) < 4.78 is 5.11. The third-order valence-electron chi connectivity index (χ3n) is 2.64. The molecule has 0 aliphatic carbocycles. The molecule has 104 valence electrons. The topological polar surface area (TPSA) is 46.5 Å². The SMILES string of the molecule is COc1ccc(Sc2ccc(CC(=O)O)cc2)cc1Cl. The van der Waals surface area contributed by atoms with Gasteiger partial charge in [0, 0.05) is 9.79 Å². The van der Waals surface area contributed by atoms with Crippen LogP contribution in [0.4, 0.5) is 0 Å². The van der Waals surface area contributed by atoms with Crippen LogP contribution in [0.1, 0.15) is 5.56 Å². The summed E-state index contributed by atoms with van der Waals surface area (Å²) in [4.78, 5) is 12.6. The highest BCUT2D eigenvalue weighted by atomic mass is 35.5. The van der Waals surface area contributed by atoms with Crippen molar-refractivity contribution in [2.45, 2.75) is 16.2 Å². The van der Waals surface area contributed by atoms with Gasteiger partial charge in [-0.25, -0.2) is 0 Å². The Kier molecular flexibility index (Phi) is 4.93. The Morgan fingerprint density at radius 2 is 1.85 bits per heavy atom. The number of ether oxygens (including phenoxy) is 1. The molecule has 0 heterocycles. The molecule has 3 nitrogen and oxygen atoms in total. The fourth-order valence-corrected chi connectivity index (χ4v) is 2.88. The minimum atomic E-state index is -0.827. The Bertz CT molecular complexity index is 611. The molecule has 5 heteroatoms. The summed E-state index contributed by atoms with van der Waals surface area (Å²) in [7, 11) is 1.58. The van der Waals surface area contributed by atoms with Crippen molar-refractivity contribution < 1.29 is 14.6 Å². The first kappa shape index (κ1) is 14.8. The van der Waals surface area contributed by atoms with Crippen LogP contribution in [-0.2, 0) is 11.2 Å². The van der Waals surface area contributed by atoms with Crippen molar-refractivity contribution in [1.29, 1.82) is 0 Å². The van der Waals surface area contributed by atoms with Gasteiger partial charge in [0.05, 0.1) is 18.6 Å². The average molecular weight is 309 g/mol. The van der Waals surface area contributed by atoms with Crippen molar-refractivity contribution in [3.05, 3.63) is 53.1 Å². The smallest absolute Gasteiger partial charge is 0.307 e. The number of aliphatic carboxylic acids is 1. The Hall–Kier alpha value is -1.65. The maximum absolute atomic E-state index is 10.6. The molecule has 2 aromatic carbocycles. The molecular formula is C15H13ClO3S. The average Bonchev–Trinajstić information content (AvgIpc) is 2.41. The summed E-state index contributed by atoms with van der Waals surface area (Å²) in [5.41, 5.74) is 0.787. The van der Waals surface area contributed by atoms with E-state index >= 15 is 0 Å². The summed E-state index contributed by atoms with van der Waals surface area (Å²) in [6.07, 6.45) is 0.0410. The third kappa shape index (κ3) is 3.92. The van der Waals surface area contributed by atoms with Gasteiger partial charge in [-0.2, -0.15) is 0 Å². The lowest BCUT2D eigenvalue weighted by molar-refractivity contribution is -0.136. The van der Waals surface area contributed by atoms with Crippen LogP contribution in [-0.4, -0.2) is 18.2 Å². The molecule has 2 rings (SSSR count). The molecule has 20 heavy (non-hydrogen) atoms. The van der Waals surface area contributed by atoms with E-state index in [2.05, 4.69) is 0 Å². The molecule has 0 saturated heterocycles. The Morgan fingerprint density at radius 1 is 1.20 bits per heavy atom. The van der Waals surface area contributed by atoms with E-state index in [1.165, 1.54) is 0 Å². The van der Waals surface area contributed by atoms with Crippen LogP contribution in [0.2, 0.25) is 5.02 Å². The lowest BCUT2D eigenvalue weighted by atomic mass is 10.2. The van der Waals surface area contributed by atoms with Crippen LogP contribution >= 0.6 is 23.4 Å². The van der Waals surface area contributed by atoms with Gasteiger partial charge in [0.1, 0.15) is 5.75 Å². The summed E-state index contributed by atoms with van der Waals surface area (Å²) in [6, 6.07) is 13.0. The molecule has 0 fully saturated rings. The molecule has 0 atom stereocenters. The van der Waals surface area contributed by atoms with E-state index in [4.69, 9.17) is 21.4 Å². The van der Waals surface area contributed by atoms with Crippen molar-refractivity contribution in [2.75, 3.05) is 7.11 Å². The molecule has 0 unspecified atom stereocenters. The van der Waals surface area contributed by atoms with Gasteiger partial charge in [0.25, 0.3) is 0 Å². The highest BCUT2D eigenvalue weighted by molar-refractivity contribution is 7.99. The molecule has 2 aromatic rings. The van der Waals surface area contributed by atoms with E-state index in [9.17, 15) is 4.79 Å². The van der Waals surface area contributed by atoms with E-state index in [0.29, 0.717) is 10.8 Å². The van der Waals surface area contributed by atoms with Crippen molar-refractivity contribution in [3.63, 3.8) is 0 Å². The minimum absolute atomic E-state index is 0.0410. The van der Waals surface area contributed by atoms with Gasteiger partial charge in [0.15, 0.2) is 0 Å². The van der Waals surface area contributed by atoms with E-state index in [0.717, 1.165) is 15.4 Å². The maximum Gasteiger partial charge on any atom is 0.307 e. The summed E-state index contributed by atoms with van der Waals surface area (Å²) in [5, 5.41) is 9.29. The van der Waals surface area contributed by atoms with Gasteiger partial charge in [-0.3, -0.25) is 4.79 Å². The van der Waals surface area contributed by atoms with Crippen LogP contribution in [0.25, 0.3) is 0 Å². The minimum Gasteiger partial charge on any atom is -0.495 e. The molecule has 0 aliphatic rings. The van der Waals surface area contributed by atoms with E-state index in [1.807, 2.05) is 42.5 Å². The van der Waals surface area contributed by atoms with Gasteiger partial charge in [-0.15, -0.1) is 0 Å². The first-order valence-electron chi connectivity index (χ1n) is 5.90. The molecule has 0 amide bonds. The van der Waals surface area contributed by atoms with E-state index < -0.39 is 5.97 Å². The summed E-state index contributed by atoms with van der Waals surface area (Å²) >= 11 is 7.64. The number of halogens is 1. The zero-order chi connectivity index (χ0) is 14.5. The molecule has 0 aliphatic heterocycles. The van der Waals surface area contributed by atoms with Gasteiger partial charge in [-0.05, 0) is 35.9 Å². The normalized spacial score (nSPS) is 10.3. The Morgan fingerprint density at radius 3 is 2.40 bits per heavy atom. The standard InChI is InChI=1S/C15H13ClO3S/c1-19-14-7-6-12(9-13(14)16)20-11-4-2-10(3-5-11)8-15(17)18/h2-7,9H,8H2,1H3,(H,17,18). The van der Waals surface area contributed by atoms with Crippen LogP contribution in [0.15, 0.2) is 52.3 Å². The molecule has 0 saturated carbocycles. The summed E-state index contributed by atoms with van der Waals surface area (Å²) in [5.74, 6) is -0.180. The number of hydrogen-bond donors (Lipinski definition) is 1. The fourth-order valence-electron chi connectivity index (χ4n) is 1.70. The number of carbonyl (C=O) groups is 1. The van der Waals surface area contributed by atoms with Crippen molar-refractivity contribution in [1.82, 2.24) is 0 Å². The molecular weight excluding hydrogens is 296 g/mol. The molecule has 0 aromatic heterocycles. The second-order valence-corrected chi connectivity index (χ2v) is 5.67. The van der Waals surface area contributed by atoms with Gasteiger partial charge < -0.3 is 9.84 Å². The molecule has 1 N–H and O–H groups in total. The number of rotatable bonds is 5. The monoisotopic (exact) mass is 308 g/mol. The zero-order valence-electron chi connectivity index (χ0n) is 10.8. The number of methoxy groups -OCH3 is 1. The number of hydrogen-bond acceptors (Lipinski definition) is 3. The summed E-state index contributed by atoms with van der Waals surface area (Å²) in [6.45, 7) is 0.